The summed E-state index contributed by atoms with van der Waals surface area (Å²) in [5.41, 5.74) is -1.83. The maximum atomic E-state index is 12.7. The van der Waals surface area contributed by atoms with Gasteiger partial charge in [-0.05, 0) is 6.42 Å². The van der Waals surface area contributed by atoms with Crippen molar-refractivity contribution in [3.63, 3.8) is 0 Å². The summed E-state index contributed by atoms with van der Waals surface area (Å²) in [6.45, 7) is 0. The summed E-state index contributed by atoms with van der Waals surface area (Å²) < 4.78 is 60.7. The Morgan fingerprint density at radius 2 is 2.15 bits per heavy atom. The van der Waals surface area contributed by atoms with Crippen LogP contribution in [0.2, 0.25) is 0 Å². The molecule has 1 amide bonds. The van der Waals surface area contributed by atoms with E-state index in [0.717, 1.165) is 11.1 Å². The number of H-pyrrole nitrogens is 1. The van der Waals surface area contributed by atoms with Crippen molar-refractivity contribution in [1.29, 1.82) is 0 Å². The van der Waals surface area contributed by atoms with E-state index in [1.165, 1.54) is 7.05 Å². The van der Waals surface area contributed by atoms with Crippen LogP contribution in [-0.2, 0) is 16.0 Å². The number of sulfone groups is 1. The van der Waals surface area contributed by atoms with Gasteiger partial charge in [-0.15, -0.1) is 0 Å². The van der Waals surface area contributed by atoms with E-state index in [1.54, 1.807) is 5.10 Å². The second kappa shape index (κ2) is 4.76. The van der Waals surface area contributed by atoms with Gasteiger partial charge in [-0.1, -0.05) is 0 Å². The maximum Gasteiger partial charge on any atom is 0.433 e. The zero-order valence-corrected chi connectivity index (χ0v) is 11.3. The van der Waals surface area contributed by atoms with Crippen molar-refractivity contribution in [2.24, 2.45) is 0 Å². The summed E-state index contributed by atoms with van der Waals surface area (Å²) in [5, 5.41) is 4.98. The Labute approximate surface area is 112 Å². The van der Waals surface area contributed by atoms with Crippen molar-refractivity contribution in [3.8, 4) is 0 Å². The lowest BCUT2D eigenvalue weighted by atomic mass is 10.1. The van der Waals surface area contributed by atoms with Gasteiger partial charge in [0.15, 0.2) is 15.5 Å². The molecule has 1 saturated heterocycles. The molecular formula is C10H12F3N3O3S. The highest BCUT2D eigenvalue weighted by Gasteiger charge is 2.40. The minimum Gasteiger partial charge on any atom is -0.338 e. The lowest BCUT2D eigenvalue weighted by Gasteiger charge is -2.23. The third-order valence-electron chi connectivity index (χ3n) is 3.23. The summed E-state index contributed by atoms with van der Waals surface area (Å²) in [7, 11) is -1.93. The lowest BCUT2D eigenvalue weighted by molar-refractivity contribution is -0.141. The normalized spacial score (nSPS) is 21.9. The number of alkyl halides is 3. The van der Waals surface area contributed by atoms with Crippen LogP contribution in [0.25, 0.3) is 0 Å². The average Bonchev–Trinajstić information content (AvgIpc) is 2.92. The molecular weight excluding hydrogens is 299 g/mol. The number of nitrogens with zero attached hydrogens (tertiary/aromatic N) is 2. The van der Waals surface area contributed by atoms with Crippen LogP contribution < -0.4 is 0 Å². The van der Waals surface area contributed by atoms with Crippen molar-refractivity contribution in [2.75, 3.05) is 18.6 Å². The van der Waals surface area contributed by atoms with E-state index in [-0.39, 0.29) is 17.9 Å². The lowest BCUT2D eigenvalue weighted by Crippen LogP contribution is -2.38. The van der Waals surface area contributed by atoms with Gasteiger partial charge in [-0.3, -0.25) is 9.89 Å². The molecule has 1 aliphatic heterocycles. The van der Waals surface area contributed by atoms with Gasteiger partial charge in [0.1, 0.15) is 0 Å². The Morgan fingerprint density at radius 3 is 2.65 bits per heavy atom. The first-order valence-corrected chi connectivity index (χ1v) is 7.52. The molecule has 6 nitrogen and oxygen atoms in total. The van der Waals surface area contributed by atoms with Crippen molar-refractivity contribution >= 4 is 15.7 Å². The molecule has 0 aliphatic carbocycles. The molecule has 10 heteroatoms. The molecule has 0 aromatic carbocycles. The SMILES string of the molecule is CN(C(=O)c1cn[nH]c1C(F)(F)F)C1CCS(=O)(=O)C1. The first-order valence-electron chi connectivity index (χ1n) is 5.70. The van der Waals surface area contributed by atoms with E-state index in [9.17, 15) is 26.4 Å². The molecule has 0 spiro atoms. The number of halogens is 3. The van der Waals surface area contributed by atoms with E-state index in [4.69, 9.17) is 0 Å². The van der Waals surface area contributed by atoms with E-state index >= 15 is 0 Å². The van der Waals surface area contributed by atoms with Gasteiger partial charge in [-0.2, -0.15) is 18.3 Å². The number of nitrogens with one attached hydrogen (secondary N) is 1. The second-order valence-electron chi connectivity index (χ2n) is 4.63. The molecule has 0 radical (unpaired) electrons. The van der Waals surface area contributed by atoms with Gasteiger partial charge in [0, 0.05) is 13.1 Å². The molecule has 1 aromatic heterocycles. The fraction of sp³-hybridized carbons (Fsp3) is 0.600. The van der Waals surface area contributed by atoms with Gasteiger partial charge >= 0.3 is 6.18 Å². The largest absolute Gasteiger partial charge is 0.433 e. The molecule has 1 aromatic rings. The zero-order valence-electron chi connectivity index (χ0n) is 10.4. The molecule has 0 saturated carbocycles. The number of hydrogen-bond acceptors (Lipinski definition) is 4. The molecule has 1 fully saturated rings. The quantitative estimate of drug-likeness (QED) is 0.871. The van der Waals surface area contributed by atoms with Gasteiger partial charge in [0.05, 0.1) is 23.3 Å². The van der Waals surface area contributed by atoms with Gasteiger partial charge in [0.2, 0.25) is 0 Å². The van der Waals surface area contributed by atoms with Crippen LogP contribution in [-0.4, -0.2) is 54.0 Å². The van der Waals surface area contributed by atoms with Gasteiger partial charge in [0.25, 0.3) is 5.91 Å². The van der Waals surface area contributed by atoms with Crippen molar-refractivity contribution in [2.45, 2.75) is 18.6 Å². The molecule has 1 atom stereocenters. The van der Waals surface area contributed by atoms with Crippen LogP contribution in [0.15, 0.2) is 6.20 Å². The number of hydrogen-bond donors (Lipinski definition) is 1. The van der Waals surface area contributed by atoms with Gasteiger partial charge < -0.3 is 4.90 Å². The first kappa shape index (κ1) is 14.8. The third-order valence-corrected chi connectivity index (χ3v) is 4.98. The molecule has 1 N–H and O–H groups in total. The zero-order chi connectivity index (χ0) is 15.1. The van der Waals surface area contributed by atoms with Crippen LogP contribution in [0.1, 0.15) is 22.5 Å². The van der Waals surface area contributed by atoms with Crippen LogP contribution >= 0.6 is 0 Å². The van der Waals surface area contributed by atoms with Crippen molar-refractivity contribution in [1.82, 2.24) is 15.1 Å². The Balaban J connectivity index is 2.22. The van der Waals surface area contributed by atoms with E-state index < -0.39 is 39.2 Å². The Kier molecular flexibility index (Phi) is 3.53. The standard InChI is InChI=1S/C10H12F3N3O3S/c1-16(6-2-3-20(18,19)5-6)9(17)7-4-14-15-8(7)10(11,12)13/h4,6H,2-3,5H2,1H3,(H,14,15). The summed E-state index contributed by atoms with van der Waals surface area (Å²) in [6.07, 6.45) is -3.70. The molecule has 0 bridgehead atoms. The number of amides is 1. The number of carbonyl (C=O) groups is 1. The predicted octanol–water partition coefficient (Wildman–Crippen LogP) is 0.688. The fourth-order valence-electron chi connectivity index (χ4n) is 2.10. The second-order valence-corrected chi connectivity index (χ2v) is 6.86. The van der Waals surface area contributed by atoms with Crippen molar-refractivity contribution in [3.05, 3.63) is 17.5 Å². The molecule has 2 rings (SSSR count). The van der Waals surface area contributed by atoms with Crippen molar-refractivity contribution < 1.29 is 26.4 Å². The maximum absolute atomic E-state index is 12.7. The van der Waals surface area contributed by atoms with E-state index in [0.29, 0.717) is 0 Å². The van der Waals surface area contributed by atoms with Gasteiger partial charge in [-0.25, -0.2) is 8.42 Å². The first-order chi connectivity index (χ1) is 9.12. The highest BCUT2D eigenvalue weighted by atomic mass is 32.2. The highest BCUT2D eigenvalue weighted by molar-refractivity contribution is 7.91. The summed E-state index contributed by atoms with van der Waals surface area (Å²) in [4.78, 5) is 13.1. The number of rotatable bonds is 2. The molecule has 20 heavy (non-hydrogen) atoms. The topological polar surface area (TPSA) is 83.1 Å². The van der Waals surface area contributed by atoms with E-state index in [2.05, 4.69) is 5.10 Å². The van der Waals surface area contributed by atoms with Crippen LogP contribution in [0.3, 0.4) is 0 Å². The summed E-state index contributed by atoms with van der Waals surface area (Å²) in [6, 6.07) is -0.608. The monoisotopic (exact) mass is 311 g/mol. The molecule has 1 unspecified atom stereocenters. The summed E-state index contributed by atoms with van der Waals surface area (Å²) >= 11 is 0. The molecule has 1 aliphatic rings. The van der Waals surface area contributed by atoms with Crippen LogP contribution in [0, 0.1) is 0 Å². The van der Waals surface area contributed by atoms with E-state index in [1.807, 2.05) is 0 Å². The summed E-state index contributed by atoms with van der Waals surface area (Å²) in [5.74, 6) is -1.19. The average molecular weight is 311 g/mol. The minimum absolute atomic E-state index is 0.0627. The Morgan fingerprint density at radius 1 is 1.50 bits per heavy atom. The minimum atomic E-state index is -4.72. The molecule has 2 heterocycles. The Hall–Kier alpha value is -1.58. The predicted molar refractivity (Wildman–Crippen MR) is 62.7 cm³/mol. The van der Waals surface area contributed by atoms with Crippen LogP contribution in [0.4, 0.5) is 13.2 Å². The van der Waals surface area contributed by atoms with Crippen LogP contribution in [0.5, 0.6) is 0 Å². The smallest absolute Gasteiger partial charge is 0.338 e. The number of carbonyl (C=O) groups excluding carboxylic acids is 1. The highest BCUT2D eigenvalue weighted by Crippen LogP contribution is 2.31. The number of aromatic nitrogens is 2. The number of aromatic amines is 1. The fourth-order valence-corrected chi connectivity index (χ4v) is 3.88. The Bertz CT molecular complexity index is 623. The third kappa shape index (κ3) is 2.79. The molecule has 112 valence electrons.